The third-order valence-corrected chi connectivity index (χ3v) is 5.97. The molecule has 0 amide bonds. The molecular formula is C5H11Cl3Si. The van der Waals surface area contributed by atoms with Crippen molar-refractivity contribution in [3.8, 4) is 0 Å². The molecule has 4 heteroatoms. The lowest BCUT2D eigenvalue weighted by Crippen LogP contribution is -2.18. The van der Waals surface area contributed by atoms with Crippen LogP contribution in [0.4, 0.5) is 0 Å². The van der Waals surface area contributed by atoms with Crippen LogP contribution in [0.2, 0.25) is 5.54 Å². The van der Waals surface area contributed by atoms with E-state index in [2.05, 4.69) is 13.8 Å². The zero-order chi connectivity index (χ0) is 7.49. The average molecular weight is 206 g/mol. The van der Waals surface area contributed by atoms with Gasteiger partial charge in [0.25, 0.3) is 0 Å². The van der Waals surface area contributed by atoms with Crippen LogP contribution in [-0.4, -0.2) is 6.00 Å². The third kappa shape index (κ3) is 3.71. The number of rotatable bonds is 3. The van der Waals surface area contributed by atoms with Crippen LogP contribution in [0.1, 0.15) is 26.7 Å². The maximum atomic E-state index is 5.77. The summed E-state index contributed by atoms with van der Waals surface area (Å²) in [5.74, 6) is 0. The lowest BCUT2D eigenvalue weighted by molar-refractivity contribution is 0.759. The van der Waals surface area contributed by atoms with Gasteiger partial charge in [-0.1, -0.05) is 26.7 Å². The van der Waals surface area contributed by atoms with Crippen LogP contribution in [0.15, 0.2) is 0 Å². The van der Waals surface area contributed by atoms with Gasteiger partial charge in [-0.3, -0.25) is 0 Å². The van der Waals surface area contributed by atoms with E-state index in [9.17, 15) is 0 Å². The number of halogens is 3. The van der Waals surface area contributed by atoms with Crippen molar-refractivity contribution < 1.29 is 0 Å². The first kappa shape index (κ1) is 10.1. The monoisotopic (exact) mass is 204 g/mol. The molecule has 0 saturated heterocycles. The molecule has 0 saturated carbocycles. The Morgan fingerprint density at radius 2 is 1.44 bits per heavy atom. The van der Waals surface area contributed by atoms with E-state index < -0.39 is 6.00 Å². The van der Waals surface area contributed by atoms with E-state index in [1.165, 1.54) is 0 Å². The normalized spacial score (nSPS) is 12.7. The molecule has 0 aromatic heterocycles. The number of hydrogen-bond acceptors (Lipinski definition) is 0. The molecule has 0 atom stereocenters. The van der Waals surface area contributed by atoms with Crippen molar-refractivity contribution in [2.24, 2.45) is 0 Å². The quantitative estimate of drug-likeness (QED) is 0.485. The highest BCUT2D eigenvalue weighted by Crippen LogP contribution is 2.38. The highest BCUT2D eigenvalue weighted by molar-refractivity contribution is 7.65. The molecule has 56 valence electrons. The van der Waals surface area contributed by atoms with E-state index >= 15 is 0 Å². The van der Waals surface area contributed by atoms with Crippen LogP contribution >= 0.6 is 33.2 Å². The second-order valence-electron chi connectivity index (χ2n) is 2.06. The van der Waals surface area contributed by atoms with Crippen molar-refractivity contribution in [3.63, 3.8) is 0 Å². The minimum atomic E-state index is -2.37. The van der Waals surface area contributed by atoms with E-state index in [0.29, 0.717) is 5.54 Å². The van der Waals surface area contributed by atoms with Gasteiger partial charge in [-0.25, -0.2) is 0 Å². The Labute approximate surface area is 71.6 Å². The largest absolute Gasteiger partial charge is 0.344 e. The summed E-state index contributed by atoms with van der Waals surface area (Å²) in [7, 11) is 0. The predicted molar refractivity (Wildman–Crippen MR) is 47.6 cm³/mol. The van der Waals surface area contributed by atoms with Crippen LogP contribution < -0.4 is 0 Å². The van der Waals surface area contributed by atoms with Gasteiger partial charge in [0, 0.05) is 0 Å². The van der Waals surface area contributed by atoms with Crippen molar-refractivity contribution in [1.29, 1.82) is 0 Å². The molecule has 0 N–H and O–H groups in total. The molecule has 0 unspecified atom stereocenters. The SMILES string of the molecule is CCC(CC)[Si](Cl)(Cl)Cl. The molecule has 9 heavy (non-hydrogen) atoms. The fraction of sp³-hybridized carbons (Fsp3) is 1.00. The van der Waals surface area contributed by atoms with Crippen LogP contribution in [0, 0.1) is 0 Å². The van der Waals surface area contributed by atoms with Gasteiger partial charge < -0.3 is 0 Å². The van der Waals surface area contributed by atoms with E-state index in [4.69, 9.17) is 33.2 Å². The van der Waals surface area contributed by atoms with Crippen molar-refractivity contribution in [2.75, 3.05) is 0 Å². The summed E-state index contributed by atoms with van der Waals surface area (Å²) in [6.45, 7) is 4.12. The van der Waals surface area contributed by atoms with Gasteiger partial charge in [-0.2, -0.15) is 0 Å². The maximum Gasteiger partial charge on any atom is 0.344 e. The van der Waals surface area contributed by atoms with Gasteiger partial charge in [0.1, 0.15) is 0 Å². The molecule has 0 radical (unpaired) electrons. The molecule has 0 aliphatic carbocycles. The number of hydrogen-bond donors (Lipinski definition) is 0. The Morgan fingerprint density at radius 3 is 1.44 bits per heavy atom. The van der Waals surface area contributed by atoms with E-state index in [-0.39, 0.29) is 0 Å². The minimum absolute atomic E-state index is 0.336. The van der Waals surface area contributed by atoms with Gasteiger partial charge in [0.2, 0.25) is 0 Å². The average Bonchev–Trinajstić information content (AvgIpc) is 1.65. The standard InChI is InChI=1S/C5H11Cl3Si/c1-3-5(4-2)9(6,7)8/h5H,3-4H2,1-2H3. The first-order valence-corrected chi connectivity index (χ1v) is 8.20. The summed E-state index contributed by atoms with van der Waals surface area (Å²) < 4.78 is 0. The van der Waals surface area contributed by atoms with Crippen LogP contribution in [0.25, 0.3) is 0 Å². The molecule has 0 aliphatic rings. The highest BCUT2D eigenvalue weighted by atomic mass is 35.8. The fourth-order valence-electron chi connectivity index (χ4n) is 0.752. The third-order valence-electron chi connectivity index (χ3n) is 1.45. The van der Waals surface area contributed by atoms with Gasteiger partial charge in [0.15, 0.2) is 0 Å². The van der Waals surface area contributed by atoms with Gasteiger partial charge in [-0.15, -0.1) is 33.2 Å². The molecular weight excluding hydrogens is 194 g/mol. The van der Waals surface area contributed by atoms with Crippen molar-refractivity contribution >= 4 is 39.2 Å². The second-order valence-corrected chi connectivity index (χ2v) is 11.1. The summed E-state index contributed by atoms with van der Waals surface area (Å²) >= 11 is 17.3. The molecule has 0 spiro atoms. The van der Waals surface area contributed by atoms with Gasteiger partial charge in [0.05, 0.1) is 0 Å². The summed E-state index contributed by atoms with van der Waals surface area (Å²) in [4.78, 5) is 0. The van der Waals surface area contributed by atoms with E-state index in [0.717, 1.165) is 12.8 Å². The Hall–Kier alpha value is 1.09. The molecule has 0 nitrogen and oxygen atoms in total. The molecule has 0 fully saturated rings. The zero-order valence-corrected chi connectivity index (χ0v) is 8.89. The molecule has 0 rings (SSSR count). The first-order valence-electron chi connectivity index (χ1n) is 3.09. The maximum absolute atomic E-state index is 5.77. The van der Waals surface area contributed by atoms with Gasteiger partial charge in [-0.05, 0) is 5.54 Å². The highest BCUT2D eigenvalue weighted by Gasteiger charge is 2.33. The smallest absolute Gasteiger partial charge is 0.126 e. The summed E-state index contributed by atoms with van der Waals surface area (Å²) in [6.07, 6.45) is 1.97. The molecule has 0 aliphatic heterocycles. The topological polar surface area (TPSA) is 0 Å². The molecule has 0 aromatic rings. The van der Waals surface area contributed by atoms with Crippen molar-refractivity contribution in [2.45, 2.75) is 32.2 Å². The Balaban J connectivity index is 3.79. The van der Waals surface area contributed by atoms with Crippen molar-refractivity contribution in [1.82, 2.24) is 0 Å². The Kier molecular flexibility index (Phi) is 4.56. The lowest BCUT2D eigenvalue weighted by Gasteiger charge is -2.17. The Morgan fingerprint density at radius 1 is 1.11 bits per heavy atom. The van der Waals surface area contributed by atoms with Crippen LogP contribution in [0.5, 0.6) is 0 Å². The van der Waals surface area contributed by atoms with E-state index in [1.807, 2.05) is 0 Å². The van der Waals surface area contributed by atoms with Crippen LogP contribution in [-0.2, 0) is 0 Å². The lowest BCUT2D eigenvalue weighted by atomic mass is 10.3. The molecule has 0 aromatic carbocycles. The summed E-state index contributed by atoms with van der Waals surface area (Å²) in [6, 6.07) is -2.37. The summed E-state index contributed by atoms with van der Waals surface area (Å²) in [5.41, 5.74) is 0.336. The summed E-state index contributed by atoms with van der Waals surface area (Å²) in [5, 5.41) is 0. The molecule has 0 bridgehead atoms. The minimum Gasteiger partial charge on any atom is -0.126 e. The molecule has 0 heterocycles. The fourth-order valence-corrected chi connectivity index (χ4v) is 4.45. The zero-order valence-electron chi connectivity index (χ0n) is 5.63. The van der Waals surface area contributed by atoms with Crippen LogP contribution in [0.3, 0.4) is 0 Å². The Bertz CT molecular complexity index is 74.8. The van der Waals surface area contributed by atoms with Crippen molar-refractivity contribution in [3.05, 3.63) is 0 Å². The second kappa shape index (κ2) is 4.07. The predicted octanol–water partition coefficient (Wildman–Crippen LogP) is 3.83. The van der Waals surface area contributed by atoms with Gasteiger partial charge >= 0.3 is 6.00 Å². The van der Waals surface area contributed by atoms with E-state index in [1.54, 1.807) is 0 Å². The first-order chi connectivity index (χ1) is 4.02.